The minimum atomic E-state index is -4.01. The second-order valence-corrected chi connectivity index (χ2v) is 4.45. The Morgan fingerprint density at radius 1 is 1.21 bits per heavy atom. The lowest BCUT2D eigenvalue weighted by molar-refractivity contribution is -0.111. The normalized spacial score (nSPS) is 11.2. The fourth-order valence-corrected chi connectivity index (χ4v) is 1.42. The van der Waals surface area contributed by atoms with Crippen molar-refractivity contribution in [1.29, 1.82) is 0 Å². The summed E-state index contributed by atoms with van der Waals surface area (Å²) in [5.74, 6) is 0. The summed E-state index contributed by atoms with van der Waals surface area (Å²) in [7, 11) is -4.01. The van der Waals surface area contributed by atoms with Crippen molar-refractivity contribution >= 4 is 15.1 Å². The molecule has 1 aromatic carbocycles. The van der Waals surface area contributed by atoms with Gasteiger partial charge in [0.15, 0.2) is 0 Å². The van der Waals surface area contributed by atoms with Crippen LogP contribution in [0.3, 0.4) is 0 Å². The van der Waals surface area contributed by atoms with Crippen LogP contribution in [0.25, 0.3) is 0 Å². The zero-order chi connectivity index (χ0) is 10.6. The molecule has 0 radical (unpaired) electrons. The van der Waals surface area contributed by atoms with E-state index in [1.54, 1.807) is 0 Å². The van der Waals surface area contributed by atoms with Crippen LogP contribution in [0.1, 0.15) is 12.0 Å². The van der Waals surface area contributed by atoms with Gasteiger partial charge in [-0.3, -0.25) is 4.79 Å². The van der Waals surface area contributed by atoms with E-state index in [9.17, 15) is 13.2 Å². The number of nitrogens with two attached hydrogens (primary N) is 1. The summed E-state index contributed by atoms with van der Waals surface area (Å²) in [5, 5.41) is 3.75. The highest BCUT2D eigenvalue weighted by Crippen LogP contribution is 2.03. The Balaban J connectivity index is 2.55. The van der Waals surface area contributed by atoms with Crippen LogP contribution in [0.5, 0.6) is 0 Å². The molecule has 0 saturated heterocycles. The van der Waals surface area contributed by atoms with Crippen molar-refractivity contribution in [2.45, 2.75) is 12.8 Å². The van der Waals surface area contributed by atoms with E-state index in [0.29, 0.717) is 6.42 Å². The largest absolute Gasteiger partial charge is 0.280 e. The Labute approximate surface area is 82.8 Å². The summed E-state index contributed by atoms with van der Waals surface area (Å²) in [6.07, 6.45) is 0.332. The van der Waals surface area contributed by atoms with Gasteiger partial charge in [0.1, 0.15) is 0 Å². The maximum Gasteiger partial charge on any atom is 0.271 e. The van der Waals surface area contributed by atoms with Crippen molar-refractivity contribution in [3.05, 3.63) is 35.9 Å². The van der Waals surface area contributed by atoms with Crippen LogP contribution in [-0.2, 0) is 21.2 Å². The number of carbonyl (C=O) groups excluding carboxylic acids is 1. The van der Waals surface area contributed by atoms with Gasteiger partial charge in [0.2, 0.25) is 0 Å². The topological polar surface area (TPSA) is 77.2 Å². The average molecular weight is 213 g/mol. The van der Waals surface area contributed by atoms with Gasteiger partial charge in [-0.25, -0.2) is 13.6 Å². The number of benzene rings is 1. The molecule has 0 amide bonds. The molecule has 0 heterocycles. The standard InChI is InChI=1S/C9H11NO3S/c10-14(12,13)9(11)7-6-8-4-2-1-3-5-8/h1-5H,6-7H2,(H2,10,12,13). The molecule has 76 valence electrons. The Bertz CT molecular complexity index is 411. The Morgan fingerprint density at radius 2 is 1.79 bits per heavy atom. The minimum Gasteiger partial charge on any atom is -0.280 e. The molecule has 0 fully saturated rings. The molecule has 2 N–H and O–H groups in total. The van der Waals surface area contributed by atoms with E-state index in [4.69, 9.17) is 0 Å². The lowest BCUT2D eigenvalue weighted by Crippen LogP contribution is -2.23. The molecule has 0 aliphatic rings. The van der Waals surface area contributed by atoms with Gasteiger partial charge in [0, 0.05) is 6.42 Å². The monoisotopic (exact) mass is 213 g/mol. The number of hydrogen-bond acceptors (Lipinski definition) is 3. The van der Waals surface area contributed by atoms with E-state index >= 15 is 0 Å². The number of aryl methyl sites for hydroxylation is 1. The van der Waals surface area contributed by atoms with Gasteiger partial charge in [0.05, 0.1) is 0 Å². The SMILES string of the molecule is NS(=O)(=O)C(=O)CCc1ccccc1. The van der Waals surface area contributed by atoms with Gasteiger partial charge in [-0.2, -0.15) is 0 Å². The first-order valence-electron chi connectivity index (χ1n) is 4.10. The summed E-state index contributed by atoms with van der Waals surface area (Å²) in [6, 6.07) is 9.17. The Hall–Kier alpha value is -1.20. The van der Waals surface area contributed by atoms with Crippen LogP contribution in [0.4, 0.5) is 0 Å². The number of carbonyl (C=O) groups is 1. The molecule has 14 heavy (non-hydrogen) atoms. The van der Waals surface area contributed by atoms with Gasteiger partial charge < -0.3 is 0 Å². The van der Waals surface area contributed by atoms with Crippen molar-refractivity contribution < 1.29 is 13.2 Å². The maximum atomic E-state index is 10.9. The molecule has 5 heteroatoms. The Kier molecular flexibility index (Phi) is 3.38. The first-order valence-corrected chi connectivity index (χ1v) is 5.64. The lowest BCUT2D eigenvalue weighted by atomic mass is 10.1. The van der Waals surface area contributed by atoms with Crippen LogP contribution in [0.15, 0.2) is 30.3 Å². The molecular formula is C9H11NO3S. The van der Waals surface area contributed by atoms with Crippen LogP contribution in [0, 0.1) is 0 Å². The molecule has 0 saturated carbocycles. The minimum absolute atomic E-state index is 0.0666. The summed E-state index contributed by atoms with van der Waals surface area (Å²) in [4.78, 5) is 10.9. The molecule has 0 bridgehead atoms. The van der Waals surface area contributed by atoms with Crippen LogP contribution in [0.2, 0.25) is 0 Å². The molecule has 0 aliphatic carbocycles. The third-order valence-corrected chi connectivity index (χ3v) is 2.62. The predicted molar refractivity (Wildman–Crippen MR) is 52.9 cm³/mol. The first kappa shape index (κ1) is 10.9. The van der Waals surface area contributed by atoms with Gasteiger partial charge in [-0.15, -0.1) is 0 Å². The van der Waals surface area contributed by atoms with Gasteiger partial charge in [-0.05, 0) is 12.0 Å². The smallest absolute Gasteiger partial charge is 0.271 e. The predicted octanol–water partition coefficient (Wildman–Crippen LogP) is 0.434. The fraction of sp³-hybridized carbons (Fsp3) is 0.222. The highest BCUT2D eigenvalue weighted by atomic mass is 32.2. The first-order chi connectivity index (χ1) is 6.50. The Morgan fingerprint density at radius 3 is 2.29 bits per heavy atom. The number of primary sulfonamides is 1. The van der Waals surface area contributed by atoms with E-state index in [1.165, 1.54) is 0 Å². The third kappa shape index (κ3) is 3.27. The van der Waals surface area contributed by atoms with E-state index < -0.39 is 15.1 Å². The molecule has 0 aromatic heterocycles. The molecular weight excluding hydrogens is 202 g/mol. The molecule has 4 nitrogen and oxygen atoms in total. The zero-order valence-electron chi connectivity index (χ0n) is 7.51. The average Bonchev–Trinajstić information content (AvgIpc) is 2.14. The number of hydrogen-bond donors (Lipinski definition) is 1. The number of rotatable bonds is 3. The number of sulfonamides is 1. The molecule has 0 spiro atoms. The molecule has 0 unspecified atom stereocenters. The maximum absolute atomic E-state index is 10.9. The van der Waals surface area contributed by atoms with E-state index in [-0.39, 0.29) is 6.42 Å². The van der Waals surface area contributed by atoms with Crippen molar-refractivity contribution in [2.75, 3.05) is 0 Å². The molecule has 0 aliphatic heterocycles. The van der Waals surface area contributed by atoms with Gasteiger partial charge >= 0.3 is 0 Å². The van der Waals surface area contributed by atoms with Crippen molar-refractivity contribution in [2.24, 2.45) is 5.14 Å². The molecule has 0 atom stereocenters. The second-order valence-electron chi connectivity index (χ2n) is 2.90. The summed E-state index contributed by atoms with van der Waals surface area (Å²) >= 11 is 0. The van der Waals surface area contributed by atoms with E-state index in [0.717, 1.165) is 5.56 Å². The highest BCUT2D eigenvalue weighted by molar-refractivity contribution is 8.04. The van der Waals surface area contributed by atoms with Crippen molar-refractivity contribution in [3.8, 4) is 0 Å². The molecule has 1 aromatic rings. The molecule has 1 rings (SSSR count). The zero-order valence-corrected chi connectivity index (χ0v) is 8.33. The van der Waals surface area contributed by atoms with Crippen LogP contribution < -0.4 is 5.14 Å². The van der Waals surface area contributed by atoms with E-state index in [2.05, 4.69) is 5.14 Å². The van der Waals surface area contributed by atoms with Crippen LogP contribution >= 0.6 is 0 Å². The lowest BCUT2D eigenvalue weighted by Gasteiger charge is -1.98. The van der Waals surface area contributed by atoms with Crippen molar-refractivity contribution in [1.82, 2.24) is 0 Å². The summed E-state index contributed by atoms with van der Waals surface area (Å²) in [6.45, 7) is 0. The summed E-state index contributed by atoms with van der Waals surface area (Å²) < 4.78 is 21.2. The van der Waals surface area contributed by atoms with E-state index in [1.807, 2.05) is 30.3 Å². The van der Waals surface area contributed by atoms with Gasteiger partial charge in [0.25, 0.3) is 15.1 Å². The van der Waals surface area contributed by atoms with Crippen molar-refractivity contribution in [3.63, 3.8) is 0 Å². The highest BCUT2D eigenvalue weighted by Gasteiger charge is 2.15. The summed E-state index contributed by atoms with van der Waals surface area (Å²) in [5.41, 5.74) is 0.921. The third-order valence-electron chi connectivity index (χ3n) is 1.78. The second kappa shape index (κ2) is 4.34. The fourth-order valence-electron chi connectivity index (χ4n) is 1.03. The van der Waals surface area contributed by atoms with Crippen LogP contribution in [-0.4, -0.2) is 13.5 Å². The quantitative estimate of drug-likeness (QED) is 0.791. The van der Waals surface area contributed by atoms with Gasteiger partial charge in [-0.1, -0.05) is 30.3 Å².